The van der Waals surface area contributed by atoms with E-state index in [2.05, 4.69) is 78.9 Å². The van der Waals surface area contributed by atoms with Crippen molar-refractivity contribution in [3.8, 4) is 0 Å². The first kappa shape index (κ1) is 24.8. The highest BCUT2D eigenvalue weighted by Crippen LogP contribution is 2.34. The molecule has 0 radical (unpaired) electrons. The van der Waals surface area contributed by atoms with E-state index in [-0.39, 0.29) is 12.2 Å². The van der Waals surface area contributed by atoms with Crippen molar-refractivity contribution < 1.29 is 9.47 Å². The van der Waals surface area contributed by atoms with Crippen LogP contribution in [0.2, 0.25) is 0 Å². The molecule has 4 unspecified atom stereocenters. The van der Waals surface area contributed by atoms with Gasteiger partial charge in [0.15, 0.2) is 0 Å². The lowest BCUT2D eigenvalue weighted by Crippen LogP contribution is -2.24. The molecule has 2 aliphatic rings. The number of hydrogen-bond acceptors (Lipinski definition) is 4. The normalized spacial score (nSPS) is 23.5. The number of likely N-dealkylation sites (N-methyl/N-ethyl adjacent to an activating group) is 2. The maximum Gasteiger partial charge on any atom is 0.0827 e. The third-order valence-electron chi connectivity index (χ3n) is 8.20. The number of nitrogens with zero attached hydrogens (tertiary/aromatic N) is 2. The van der Waals surface area contributed by atoms with Crippen molar-refractivity contribution in [1.29, 1.82) is 0 Å². The molecule has 0 amide bonds. The Hall–Kier alpha value is -1.92. The molecule has 35 heavy (non-hydrogen) atoms. The molecule has 190 valence electrons. The minimum atomic E-state index is 0.143. The van der Waals surface area contributed by atoms with E-state index in [0.717, 1.165) is 65.0 Å². The van der Waals surface area contributed by atoms with Gasteiger partial charge in [0.25, 0.3) is 0 Å². The number of nitrogens with one attached hydrogen (secondary N) is 1. The number of benzene rings is 2. The first-order chi connectivity index (χ1) is 17.1. The molecule has 2 saturated heterocycles. The highest BCUT2D eigenvalue weighted by molar-refractivity contribution is 6.07. The summed E-state index contributed by atoms with van der Waals surface area (Å²) >= 11 is 0. The third kappa shape index (κ3) is 5.29. The van der Waals surface area contributed by atoms with Crippen LogP contribution in [0.4, 0.5) is 0 Å². The number of aromatic nitrogens is 1. The molecule has 0 aliphatic carbocycles. The molecule has 2 aliphatic heterocycles. The van der Waals surface area contributed by atoms with Crippen molar-refractivity contribution in [2.75, 3.05) is 39.3 Å². The van der Waals surface area contributed by atoms with Crippen molar-refractivity contribution in [2.45, 2.75) is 77.8 Å². The predicted molar refractivity (Wildman–Crippen MR) is 145 cm³/mol. The highest BCUT2D eigenvalue weighted by Gasteiger charge is 2.26. The van der Waals surface area contributed by atoms with Gasteiger partial charge in [0.1, 0.15) is 0 Å². The van der Waals surface area contributed by atoms with Gasteiger partial charge in [-0.1, -0.05) is 39.8 Å². The summed E-state index contributed by atoms with van der Waals surface area (Å²) in [4.78, 5) is 8.60. The number of aromatic amines is 1. The minimum absolute atomic E-state index is 0.143. The lowest BCUT2D eigenvalue weighted by Gasteiger charge is -2.22. The van der Waals surface area contributed by atoms with Gasteiger partial charge in [-0.15, -0.1) is 0 Å². The molecular formula is C30H43N3O2. The average Bonchev–Trinajstić information content (AvgIpc) is 3.63. The molecule has 5 heteroatoms. The number of likely N-dealkylation sites (tertiary alicyclic amines) is 2. The summed E-state index contributed by atoms with van der Waals surface area (Å²) in [6, 6.07) is 13.7. The van der Waals surface area contributed by atoms with Gasteiger partial charge in [0.05, 0.1) is 24.4 Å². The summed E-state index contributed by atoms with van der Waals surface area (Å²) in [7, 11) is 0. The zero-order chi connectivity index (χ0) is 24.4. The Morgan fingerprint density at radius 2 is 1.20 bits per heavy atom. The first-order valence-corrected chi connectivity index (χ1v) is 13.9. The second-order valence-electron chi connectivity index (χ2n) is 10.4. The van der Waals surface area contributed by atoms with Gasteiger partial charge in [0, 0.05) is 48.0 Å². The largest absolute Gasteiger partial charge is 0.369 e. The van der Waals surface area contributed by atoms with E-state index in [1.54, 1.807) is 0 Å². The van der Waals surface area contributed by atoms with Gasteiger partial charge in [-0.05, 0) is 74.2 Å². The maximum atomic E-state index is 6.61. The van der Waals surface area contributed by atoms with E-state index >= 15 is 0 Å². The molecule has 1 N–H and O–H groups in total. The van der Waals surface area contributed by atoms with Crippen LogP contribution in [-0.4, -0.2) is 66.3 Å². The van der Waals surface area contributed by atoms with E-state index in [9.17, 15) is 0 Å². The van der Waals surface area contributed by atoms with Crippen molar-refractivity contribution in [2.24, 2.45) is 0 Å². The van der Waals surface area contributed by atoms with Crippen molar-refractivity contribution in [3.63, 3.8) is 0 Å². The Kier molecular flexibility index (Phi) is 7.78. The maximum absolute atomic E-state index is 6.61. The van der Waals surface area contributed by atoms with Crippen LogP contribution in [0.1, 0.15) is 76.7 Å². The van der Waals surface area contributed by atoms with Gasteiger partial charge < -0.3 is 24.3 Å². The smallest absolute Gasteiger partial charge is 0.0827 e. The van der Waals surface area contributed by atoms with Crippen LogP contribution in [0, 0.1) is 0 Å². The molecule has 1 aromatic heterocycles. The monoisotopic (exact) mass is 477 g/mol. The van der Waals surface area contributed by atoms with Crippen molar-refractivity contribution in [1.82, 2.24) is 14.8 Å². The standard InChI is InChI=1S/C30H43N3O2/c1-5-29(34-23-13-15-32(7-3)19-23)21-9-11-27-25(17-21)26-18-22(10-12-28(26)31-27)30(6-2)35-24-14-16-33(8-4)20-24/h9-12,17-18,23-24,29-31H,5-8,13-16,19-20H2,1-4H3. The Balaban J connectivity index is 1.39. The lowest BCUT2D eigenvalue weighted by atomic mass is 10.0. The van der Waals surface area contributed by atoms with E-state index in [1.165, 1.54) is 32.9 Å². The predicted octanol–water partition coefficient (Wildman–Crippen LogP) is 6.44. The molecule has 3 aromatic rings. The van der Waals surface area contributed by atoms with E-state index in [4.69, 9.17) is 9.47 Å². The summed E-state index contributed by atoms with van der Waals surface area (Å²) in [5, 5.41) is 2.58. The SMILES string of the molecule is CCC(OC1CCN(CC)C1)c1ccc2[nH]c3ccc(C(CC)OC4CCN(CC)C4)cc3c2c1. The van der Waals surface area contributed by atoms with Crippen LogP contribution >= 0.6 is 0 Å². The summed E-state index contributed by atoms with van der Waals surface area (Å²) in [6.45, 7) is 15.6. The Labute approximate surface area is 210 Å². The Bertz CT molecular complexity index is 1040. The van der Waals surface area contributed by atoms with E-state index in [1.807, 2.05) is 0 Å². The third-order valence-corrected chi connectivity index (χ3v) is 8.20. The highest BCUT2D eigenvalue weighted by atomic mass is 16.5. The van der Waals surface area contributed by atoms with Crippen LogP contribution in [0.25, 0.3) is 21.8 Å². The van der Waals surface area contributed by atoms with Crippen LogP contribution in [-0.2, 0) is 9.47 Å². The van der Waals surface area contributed by atoms with Gasteiger partial charge in [-0.3, -0.25) is 0 Å². The summed E-state index contributed by atoms with van der Waals surface area (Å²) in [5.74, 6) is 0. The quantitative estimate of drug-likeness (QED) is 0.365. The number of ether oxygens (including phenoxy) is 2. The summed E-state index contributed by atoms with van der Waals surface area (Å²) in [6.07, 6.45) is 5.22. The Morgan fingerprint density at radius 3 is 1.57 bits per heavy atom. The molecule has 4 atom stereocenters. The number of H-pyrrole nitrogens is 1. The Morgan fingerprint density at radius 1 is 0.743 bits per heavy atom. The van der Waals surface area contributed by atoms with Crippen molar-refractivity contribution in [3.05, 3.63) is 47.5 Å². The summed E-state index contributed by atoms with van der Waals surface area (Å²) < 4.78 is 13.2. The first-order valence-electron chi connectivity index (χ1n) is 13.9. The average molecular weight is 478 g/mol. The fourth-order valence-electron chi connectivity index (χ4n) is 6.01. The molecular weight excluding hydrogens is 434 g/mol. The van der Waals surface area contributed by atoms with Crippen LogP contribution in [0.3, 0.4) is 0 Å². The van der Waals surface area contributed by atoms with Gasteiger partial charge >= 0.3 is 0 Å². The molecule has 2 aromatic carbocycles. The number of fused-ring (bicyclic) bond motifs is 3. The molecule has 5 rings (SSSR count). The zero-order valence-electron chi connectivity index (χ0n) is 22.1. The van der Waals surface area contributed by atoms with Crippen LogP contribution in [0.15, 0.2) is 36.4 Å². The molecule has 0 spiro atoms. The fourth-order valence-corrected chi connectivity index (χ4v) is 6.01. The number of hydrogen-bond donors (Lipinski definition) is 1. The molecule has 0 saturated carbocycles. The van der Waals surface area contributed by atoms with Gasteiger partial charge in [-0.25, -0.2) is 0 Å². The second kappa shape index (κ2) is 11.0. The second-order valence-corrected chi connectivity index (χ2v) is 10.4. The van der Waals surface area contributed by atoms with Gasteiger partial charge in [-0.2, -0.15) is 0 Å². The zero-order valence-corrected chi connectivity index (χ0v) is 22.1. The minimum Gasteiger partial charge on any atom is -0.369 e. The van der Waals surface area contributed by atoms with Crippen LogP contribution < -0.4 is 0 Å². The summed E-state index contributed by atoms with van der Waals surface area (Å²) in [5.41, 5.74) is 4.96. The molecule has 0 bridgehead atoms. The molecule has 5 nitrogen and oxygen atoms in total. The molecule has 2 fully saturated rings. The molecule has 3 heterocycles. The van der Waals surface area contributed by atoms with Gasteiger partial charge in [0.2, 0.25) is 0 Å². The number of rotatable bonds is 10. The van der Waals surface area contributed by atoms with E-state index in [0.29, 0.717) is 12.2 Å². The lowest BCUT2D eigenvalue weighted by molar-refractivity contribution is -0.00951. The topological polar surface area (TPSA) is 40.7 Å². The van der Waals surface area contributed by atoms with Crippen LogP contribution in [0.5, 0.6) is 0 Å². The van der Waals surface area contributed by atoms with Crippen molar-refractivity contribution >= 4 is 21.8 Å². The fraction of sp³-hybridized carbons (Fsp3) is 0.600. The van der Waals surface area contributed by atoms with E-state index < -0.39 is 0 Å².